The Kier molecular flexibility index (Phi) is 7.73. The minimum Gasteiger partial charge on any atom is -0.402 e. The Morgan fingerprint density at radius 3 is 2.63 bits per heavy atom. The number of pyridine rings is 1. The maximum atomic E-state index is 9.02. The Bertz CT molecular complexity index is 1420. The van der Waals surface area contributed by atoms with Gasteiger partial charge >= 0.3 is 0 Å². The van der Waals surface area contributed by atoms with Gasteiger partial charge in [0, 0.05) is 55.4 Å². The van der Waals surface area contributed by atoms with Crippen LogP contribution in [0.4, 0.5) is 11.6 Å². The summed E-state index contributed by atoms with van der Waals surface area (Å²) >= 11 is 0. The van der Waals surface area contributed by atoms with Crippen molar-refractivity contribution >= 4 is 42.9 Å². The molecule has 38 heavy (non-hydrogen) atoms. The van der Waals surface area contributed by atoms with Crippen molar-refractivity contribution in [3.8, 4) is 0 Å². The summed E-state index contributed by atoms with van der Waals surface area (Å²) in [6.45, 7) is 11.0. The lowest BCUT2D eigenvalue weighted by molar-refractivity contribution is 0.209. The molecule has 0 bridgehead atoms. The van der Waals surface area contributed by atoms with Gasteiger partial charge in [-0.3, -0.25) is 10.3 Å². The van der Waals surface area contributed by atoms with Gasteiger partial charge in [-0.1, -0.05) is 33.5 Å². The van der Waals surface area contributed by atoms with E-state index in [0.29, 0.717) is 35.1 Å². The second kappa shape index (κ2) is 11.2. The number of anilines is 2. The van der Waals surface area contributed by atoms with E-state index in [1.807, 2.05) is 25.1 Å². The number of hydrogen-bond acceptors (Lipinski definition) is 8. The van der Waals surface area contributed by atoms with Crippen molar-refractivity contribution in [3.63, 3.8) is 0 Å². The number of para-hydroxylation sites is 1. The molecule has 1 saturated heterocycles. The molecule has 0 spiro atoms. The molecule has 0 amide bonds. The number of fused-ring (bicyclic) bond motifs is 1. The summed E-state index contributed by atoms with van der Waals surface area (Å²) in [6.07, 6.45) is 5.06. The molecule has 3 aromatic rings. The summed E-state index contributed by atoms with van der Waals surface area (Å²) in [5, 5.41) is 13.7. The van der Waals surface area contributed by atoms with Crippen molar-refractivity contribution in [2.45, 2.75) is 46.2 Å². The number of aromatic nitrogens is 3. The molecule has 1 aromatic carbocycles. The highest BCUT2D eigenvalue weighted by Crippen LogP contribution is 2.28. The van der Waals surface area contributed by atoms with Crippen molar-refractivity contribution in [1.82, 2.24) is 19.9 Å². The Balaban J connectivity index is 1.45. The number of piperazine rings is 1. The van der Waals surface area contributed by atoms with Crippen molar-refractivity contribution in [3.05, 3.63) is 70.7 Å². The summed E-state index contributed by atoms with van der Waals surface area (Å²) in [7, 11) is 2.67. The van der Waals surface area contributed by atoms with Crippen LogP contribution in [0.25, 0.3) is 10.9 Å². The van der Waals surface area contributed by atoms with Gasteiger partial charge < -0.3 is 16.0 Å². The number of nitrogens with two attached hydrogens (primary N) is 1. The van der Waals surface area contributed by atoms with Crippen LogP contribution in [-0.4, -0.2) is 57.8 Å². The second-order valence-corrected chi connectivity index (χ2v) is 10.9. The summed E-state index contributed by atoms with van der Waals surface area (Å²) in [6, 6.07) is 11.0. The van der Waals surface area contributed by atoms with Gasteiger partial charge in [0.1, 0.15) is 18.0 Å². The molecule has 0 radical (unpaired) electrons. The Hall–Kier alpha value is -3.35. The average Bonchev–Trinajstić information content (AvgIpc) is 2.92. The molecule has 1 aliphatic heterocycles. The number of hydrogen-bond donors (Lipinski definition) is 3. The quantitative estimate of drug-likeness (QED) is 0.314. The second-order valence-electron chi connectivity index (χ2n) is 10.4. The van der Waals surface area contributed by atoms with Gasteiger partial charge in [0.05, 0.1) is 22.2 Å². The third-order valence-corrected chi connectivity index (χ3v) is 8.02. The molecule has 1 atom stereocenters. The molecule has 5 rings (SSSR count). The summed E-state index contributed by atoms with van der Waals surface area (Å²) < 4.78 is 0. The van der Waals surface area contributed by atoms with Crippen molar-refractivity contribution < 1.29 is 0 Å². The molecular formula is C29H37N8P. The van der Waals surface area contributed by atoms with E-state index < -0.39 is 0 Å². The largest absolute Gasteiger partial charge is 0.402 e. The fourth-order valence-electron chi connectivity index (χ4n) is 5.21. The van der Waals surface area contributed by atoms with Crippen molar-refractivity contribution in [1.29, 1.82) is 5.41 Å². The van der Waals surface area contributed by atoms with Gasteiger partial charge in [0.15, 0.2) is 0 Å². The lowest BCUT2D eigenvalue weighted by atomic mass is 9.92. The summed E-state index contributed by atoms with van der Waals surface area (Å²) in [5.41, 5.74) is 12.9. The highest BCUT2D eigenvalue weighted by Gasteiger charge is 2.24. The van der Waals surface area contributed by atoms with E-state index >= 15 is 0 Å². The van der Waals surface area contributed by atoms with Crippen LogP contribution < -0.4 is 21.4 Å². The number of nitrogens with zero attached hydrogens (tertiary/aromatic N) is 5. The molecule has 9 heteroatoms. The van der Waals surface area contributed by atoms with E-state index in [1.165, 1.54) is 0 Å². The highest BCUT2D eigenvalue weighted by atomic mass is 31.0. The minimum atomic E-state index is 0.437. The first-order valence-corrected chi connectivity index (χ1v) is 13.9. The lowest BCUT2D eigenvalue weighted by Gasteiger charge is -2.38. The number of benzene rings is 1. The zero-order valence-electron chi connectivity index (χ0n) is 22.5. The normalized spacial score (nSPS) is 16.8. The molecule has 3 heterocycles. The Morgan fingerprint density at radius 2 is 1.89 bits per heavy atom. The van der Waals surface area contributed by atoms with E-state index in [-0.39, 0.29) is 0 Å². The Labute approximate surface area is 227 Å². The molecule has 1 aliphatic carbocycles. The first-order valence-electron chi connectivity index (χ1n) is 13.3. The van der Waals surface area contributed by atoms with Crippen LogP contribution in [0.3, 0.4) is 0 Å². The van der Waals surface area contributed by atoms with Crippen molar-refractivity contribution in [2.75, 3.05) is 36.4 Å². The van der Waals surface area contributed by atoms with E-state index in [1.54, 1.807) is 6.33 Å². The average molecular weight is 529 g/mol. The molecule has 0 saturated carbocycles. The third-order valence-electron chi connectivity index (χ3n) is 7.58. The van der Waals surface area contributed by atoms with Gasteiger partial charge in [0.2, 0.25) is 0 Å². The molecule has 2 aromatic heterocycles. The predicted octanol–water partition coefficient (Wildman–Crippen LogP) is 3.99. The monoisotopic (exact) mass is 528 g/mol. The summed E-state index contributed by atoms with van der Waals surface area (Å²) in [4.78, 5) is 19.0. The first kappa shape index (κ1) is 26.3. The van der Waals surface area contributed by atoms with E-state index in [0.717, 1.165) is 78.1 Å². The Morgan fingerprint density at radius 1 is 1.13 bits per heavy atom. The van der Waals surface area contributed by atoms with Crippen LogP contribution in [0.1, 0.15) is 44.7 Å². The number of allylic oxidation sites excluding steroid dienone is 4. The molecular weight excluding hydrogens is 491 g/mol. The van der Waals surface area contributed by atoms with Crippen LogP contribution in [0.2, 0.25) is 0 Å². The molecule has 8 nitrogen and oxygen atoms in total. The molecule has 1 fully saturated rings. The fourth-order valence-corrected chi connectivity index (χ4v) is 5.56. The lowest BCUT2D eigenvalue weighted by Crippen LogP contribution is -2.49. The van der Waals surface area contributed by atoms with Crippen LogP contribution in [0.5, 0.6) is 0 Å². The van der Waals surface area contributed by atoms with Crippen LogP contribution in [0.15, 0.2) is 59.6 Å². The van der Waals surface area contributed by atoms with E-state index in [4.69, 9.17) is 16.1 Å². The first-order chi connectivity index (χ1) is 18.3. The molecule has 1 unspecified atom stereocenters. The fraction of sp³-hybridized carbons (Fsp3) is 0.379. The molecule has 198 valence electrons. The maximum Gasteiger partial charge on any atom is 0.139 e. The van der Waals surface area contributed by atoms with Gasteiger partial charge in [0.25, 0.3) is 0 Å². The van der Waals surface area contributed by atoms with Crippen LogP contribution in [-0.2, 0) is 6.54 Å². The van der Waals surface area contributed by atoms with E-state index in [2.05, 4.69) is 66.4 Å². The third kappa shape index (κ3) is 5.42. The number of rotatable bonds is 7. The van der Waals surface area contributed by atoms with Gasteiger partial charge in [-0.25, -0.2) is 15.0 Å². The standard InChI is InChI=1S/C29H37N8P/c1-18(2)36-10-12-37(13-11-36)28-22(15-20-6-4-5-7-24(20)35-28)16-32-27-25(29(38)34-17-33-27)26(31)21-8-9-23(30)19(3)14-21/h4-7,14-15,17-18,31H,8-13,16,30,38H2,1-3H3,(H,32,33,34). The maximum absolute atomic E-state index is 9.02. The van der Waals surface area contributed by atoms with Crippen molar-refractivity contribution in [2.24, 2.45) is 5.73 Å². The van der Waals surface area contributed by atoms with E-state index in [9.17, 15) is 0 Å². The zero-order valence-corrected chi connectivity index (χ0v) is 23.6. The van der Waals surface area contributed by atoms with Gasteiger partial charge in [-0.2, -0.15) is 0 Å². The van der Waals surface area contributed by atoms with Crippen LogP contribution in [0, 0.1) is 5.41 Å². The topological polar surface area (TPSA) is 107 Å². The van der Waals surface area contributed by atoms with Gasteiger partial charge in [-0.05, 0) is 56.9 Å². The minimum absolute atomic E-state index is 0.437. The van der Waals surface area contributed by atoms with Gasteiger partial charge in [-0.15, -0.1) is 0 Å². The molecule has 4 N–H and O–H groups in total. The van der Waals surface area contributed by atoms with Crippen LogP contribution >= 0.6 is 9.24 Å². The zero-order chi connectivity index (χ0) is 26.8. The smallest absolute Gasteiger partial charge is 0.139 e. The predicted molar refractivity (Wildman–Crippen MR) is 160 cm³/mol. The summed E-state index contributed by atoms with van der Waals surface area (Å²) in [5.74, 6) is 1.67. The molecule has 2 aliphatic rings. The SMILES string of the molecule is CC1=C(N)CCC(C(=N)c2c(P)ncnc2NCc2cc3ccccc3nc2N2CCN(C(C)C)CC2)=C1. The number of nitrogens with one attached hydrogen (secondary N) is 2. The highest BCUT2D eigenvalue weighted by molar-refractivity contribution is 7.27.